The van der Waals surface area contributed by atoms with E-state index in [2.05, 4.69) is 17.6 Å². The predicted molar refractivity (Wildman–Crippen MR) is 119 cm³/mol. The van der Waals surface area contributed by atoms with Gasteiger partial charge in [0.1, 0.15) is 10.8 Å². The Morgan fingerprint density at radius 3 is 2.48 bits per heavy atom. The van der Waals surface area contributed by atoms with Gasteiger partial charge in [-0.05, 0) is 61.9 Å². The first-order chi connectivity index (χ1) is 13.7. The molecule has 6 heteroatoms. The third kappa shape index (κ3) is 4.99. The molecule has 5 nitrogen and oxygen atoms in total. The number of ether oxygens (including phenoxy) is 1. The van der Waals surface area contributed by atoms with Gasteiger partial charge in [-0.15, -0.1) is 11.3 Å². The number of amides is 2. The van der Waals surface area contributed by atoms with Crippen molar-refractivity contribution in [2.24, 2.45) is 11.3 Å². The first-order valence-electron chi connectivity index (χ1n) is 10.2. The Hall–Kier alpha value is -2.34. The fourth-order valence-electron chi connectivity index (χ4n) is 3.36. The van der Waals surface area contributed by atoms with Gasteiger partial charge in [0.05, 0.1) is 12.2 Å². The zero-order valence-electron chi connectivity index (χ0n) is 17.8. The summed E-state index contributed by atoms with van der Waals surface area (Å²) in [5.74, 6) is 1.10. The molecule has 29 heavy (non-hydrogen) atoms. The van der Waals surface area contributed by atoms with E-state index >= 15 is 0 Å². The molecule has 1 aliphatic carbocycles. The Morgan fingerprint density at radius 1 is 1.17 bits per heavy atom. The Balaban J connectivity index is 1.89. The number of carbonyl (C=O) groups excluding carboxylic acids is 2. The van der Waals surface area contributed by atoms with Crippen molar-refractivity contribution in [3.63, 3.8) is 0 Å². The minimum atomic E-state index is -0.527. The second-order valence-corrected chi connectivity index (χ2v) is 9.78. The van der Waals surface area contributed by atoms with Gasteiger partial charge in [0.2, 0.25) is 5.91 Å². The molecule has 1 aromatic heterocycles. The van der Waals surface area contributed by atoms with E-state index in [9.17, 15) is 9.59 Å². The maximum absolute atomic E-state index is 13.2. The highest BCUT2D eigenvalue weighted by atomic mass is 32.1. The van der Waals surface area contributed by atoms with Gasteiger partial charge in [0.15, 0.2) is 0 Å². The molecule has 0 saturated carbocycles. The van der Waals surface area contributed by atoms with Crippen molar-refractivity contribution < 1.29 is 14.3 Å². The maximum atomic E-state index is 13.2. The molecule has 0 fully saturated rings. The smallest absolute Gasteiger partial charge is 0.258 e. The van der Waals surface area contributed by atoms with Crippen molar-refractivity contribution in [3.05, 3.63) is 40.3 Å². The predicted octanol–water partition coefficient (Wildman–Crippen LogP) is 5.51. The number of carbonyl (C=O) groups is 2. The van der Waals surface area contributed by atoms with Crippen LogP contribution in [0.25, 0.3) is 0 Å². The lowest BCUT2D eigenvalue weighted by Crippen LogP contribution is -2.28. The highest BCUT2D eigenvalue weighted by Crippen LogP contribution is 2.40. The molecule has 1 aromatic carbocycles. The van der Waals surface area contributed by atoms with Crippen molar-refractivity contribution in [3.8, 4) is 5.75 Å². The van der Waals surface area contributed by atoms with Crippen LogP contribution in [-0.4, -0.2) is 18.4 Å². The summed E-state index contributed by atoms with van der Waals surface area (Å²) in [6.45, 7) is 10.4. The maximum Gasteiger partial charge on any atom is 0.258 e. The summed E-state index contributed by atoms with van der Waals surface area (Å²) in [5, 5.41) is 6.66. The van der Waals surface area contributed by atoms with Crippen molar-refractivity contribution >= 4 is 33.8 Å². The molecule has 2 aromatic rings. The second-order valence-electron chi connectivity index (χ2n) is 8.67. The minimum absolute atomic E-state index is 0.0840. The summed E-state index contributed by atoms with van der Waals surface area (Å²) < 4.78 is 5.46. The number of benzene rings is 1. The van der Waals surface area contributed by atoms with E-state index in [4.69, 9.17) is 4.74 Å². The molecule has 2 amide bonds. The first-order valence-corrected chi connectivity index (χ1v) is 11.0. The van der Waals surface area contributed by atoms with E-state index in [1.807, 2.05) is 52.0 Å². The molecule has 0 unspecified atom stereocenters. The summed E-state index contributed by atoms with van der Waals surface area (Å²) >= 11 is 1.55. The topological polar surface area (TPSA) is 67.4 Å². The lowest BCUT2D eigenvalue weighted by atomic mass is 9.88. The molecular formula is C23H30N2O3S. The first kappa shape index (κ1) is 21.4. The summed E-state index contributed by atoms with van der Waals surface area (Å²) in [4.78, 5) is 27.0. The van der Waals surface area contributed by atoms with Crippen LogP contribution in [0.5, 0.6) is 5.75 Å². The standard InChI is InChI=1S/C23H30N2O3S/c1-6-28-16-10-8-15(9-11-16)24-20(26)19-17-12-7-14(2)13-18(17)29-21(19)25-22(27)23(3,4)5/h8-11,14H,6-7,12-13H2,1-5H3,(H,24,26)(H,25,27)/t14-/m1/s1. The zero-order chi connectivity index (χ0) is 21.2. The van der Waals surface area contributed by atoms with Gasteiger partial charge >= 0.3 is 0 Å². The number of anilines is 2. The Bertz CT molecular complexity index is 894. The van der Waals surface area contributed by atoms with E-state index < -0.39 is 5.41 Å². The van der Waals surface area contributed by atoms with Gasteiger partial charge in [0, 0.05) is 16.0 Å². The van der Waals surface area contributed by atoms with E-state index in [1.54, 1.807) is 11.3 Å². The van der Waals surface area contributed by atoms with Crippen LogP contribution in [-0.2, 0) is 17.6 Å². The van der Waals surface area contributed by atoms with Gasteiger partial charge < -0.3 is 15.4 Å². The molecule has 0 bridgehead atoms. The largest absolute Gasteiger partial charge is 0.494 e. The van der Waals surface area contributed by atoms with Crippen LogP contribution in [0.4, 0.5) is 10.7 Å². The van der Waals surface area contributed by atoms with E-state index in [-0.39, 0.29) is 11.8 Å². The molecule has 0 radical (unpaired) electrons. The van der Waals surface area contributed by atoms with Crippen LogP contribution >= 0.6 is 11.3 Å². The minimum Gasteiger partial charge on any atom is -0.494 e. The molecule has 1 heterocycles. The number of rotatable bonds is 5. The molecule has 1 aliphatic rings. The van der Waals surface area contributed by atoms with Gasteiger partial charge in [-0.25, -0.2) is 0 Å². The third-order valence-electron chi connectivity index (χ3n) is 5.07. The quantitative estimate of drug-likeness (QED) is 0.678. The average Bonchev–Trinajstić information content (AvgIpc) is 2.99. The monoisotopic (exact) mass is 414 g/mol. The fourth-order valence-corrected chi connectivity index (χ4v) is 4.77. The summed E-state index contributed by atoms with van der Waals surface area (Å²) in [6, 6.07) is 7.34. The van der Waals surface area contributed by atoms with Crippen LogP contribution in [0, 0.1) is 11.3 Å². The molecule has 156 valence electrons. The van der Waals surface area contributed by atoms with E-state index in [0.717, 1.165) is 30.6 Å². The third-order valence-corrected chi connectivity index (χ3v) is 6.24. The highest BCUT2D eigenvalue weighted by Gasteiger charge is 2.30. The summed E-state index contributed by atoms with van der Waals surface area (Å²) in [5.41, 5.74) is 1.88. The lowest BCUT2D eigenvalue weighted by Gasteiger charge is -2.19. The molecule has 3 rings (SSSR count). The van der Waals surface area contributed by atoms with Crippen molar-refractivity contribution in [1.29, 1.82) is 0 Å². The molecule has 1 atom stereocenters. The van der Waals surface area contributed by atoms with Gasteiger partial charge in [0.25, 0.3) is 5.91 Å². The number of fused-ring (bicyclic) bond motifs is 1. The molecular weight excluding hydrogens is 384 g/mol. The lowest BCUT2D eigenvalue weighted by molar-refractivity contribution is -0.123. The van der Waals surface area contributed by atoms with Crippen LogP contribution in [0.1, 0.15) is 61.8 Å². The summed E-state index contributed by atoms with van der Waals surface area (Å²) in [7, 11) is 0. The van der Waals surface area contributed by atoms with Crippen molar-refractivity contribution in [2.75, 3.05) is 17.2 Å². The normalized spacial score (nSPS) is 16.1. The SMILES string of the molecule is CCOc1ccc(NC(=O)c2c(NC(=O)C(C)(C)C)sc3c2CC[C@@H](C)C3)cc1. The van der Waals surface area contributed by atoms with E-state index in [0.29, 0.717) is 28.8 Å². The van der Waals surface area contributed by atoms with Gasteiger partial charge in [-0.3, -0.25) is 9.59 Å². The molecule has 0 spiro atoms. The van der Waals surface area contributed by atoms with E-state index in [1.165, 1.54) is 4.88 Å². The van der Waals surface area contributed by atoms with Gasteiger partial charge in [-0.2, -0.15) is 0 Å². The van der Waals surface area contributed by atoms with Crippen LogP contribution in [0.15, 0.2) is 24.3 Å². The molecule has 0 saturated heterocycles. The molecule has 2 N–H and O–H groups in total. The van der Waals surface area contributed by atoms with Crippen molar-refractivity contribution in [2.45, 2.75) is 53.9 Å². The Morgan fingerprint density at radius 2 is 1.86 bits per heavy atom. The summed E-state index contributed by atoms with van der Waals surface area (Å²) in [6.07, 6.45) is 2.87. The number of hydrogen-bond acceptors (Lipinski definition) is 4. The van der Waals surface area contributed by atoms with Crippen LogP contribution < -0.4 is 15.4 Å². The second kappa shape index (κ2) is 8.57. The highest BCUT2D eigenvalue weighted by molar-refractivity contribution is 7.17. The zero-order valence-corrected chi connectivity index (χ0v) is 18.7. The number of hydrogen-bond donors (Lipinski definition) is 2. The van der Waals surface area contributed by atoms with Crippen LogP contribution in [0.3, 0.4) is 0 Å². The molecule has 0 aliphatic heterocycles. The number of thiophene rings is 1. The van der Waals surface area contributed by atoms with Crippen LogP contribution in [0.2, 0.25) is 0 Å². The average molecular weight is 415 g/mol. The van der Waals surface area contributed by atoms with Crippen molar-refractivity contribution in [1.82, 2.24) is 0 Å². The Kier molecular flexibility index (Phi) is 6.32. The fraction of sp³-hybridized carbons (Fsp3) is 0.478. The van der Waals surface area contributed by atoms with Gasteiger partial charge in [-0.1, -0.05) is 27.7 Å². The number of nitrogens with one attached hydrogen (secondary N) is 2. The Labute approximate surface area is 176 Å².